The van der Waals surface area contributed by atoms with Gasteiger partial charge in [-0.2, -0.15) is 0 Å². The number of anilines is 4. The van der Waals surface area contributed by atoms with Crippen LogP contribution in [0.1, 0.15) is 29.8 Å². The standard InChI is InChI=1S/C30H29F3N12O3S/c31-30(32,33)48-23-7-4-19(5-8-23)16-45-18-22(38-43-45)6-11-26(46)36-24-9-10-25(40-39-24)44-14-12-21(17-44)35-28-41-42-29(49-28)37-27(47)15-20-3-1-2-13-34-20/h1-5,7-10,13,18,21H,6,11-12,14-17H2,(H,35,41)(H,36,39,46)(H,37,42,47)/t21-/m1/s1. The summed E-state index contributed by atoms with van der Waals surface area (Å²) in [6.45, 7) is 1.68. The number of ether oxygens (including phenoxy) is 1. The van der Waals surface area contributed by atoms with Crippen LogP contribution in [0.5, 0.6) is 5.75 Å². The van der Waals surface area contributed by atoms with Crippen molar-refractivity contribution in [3.05, 3.63) is 83.9 Å². The normalized spacial score (nSPS) is 14.4. The highest BCUT2D eigenvalue weighted by Gasteiger charge is 2.31. The summed E-state index contributed by atoms with van der Waals surface area (Å²) >= 11 is 1.25. The van der Waals surface area contributed by atoms with Gasteiger partial charge in [-0.05, 0) is 48.4 Å². The molecule has 2 amide bonds. The smallest absolute Gasteiger partial charge is 0.406 e. The molecule has 5 heterocycles. The molecule has 254 valence electrons. The Balaban J connectivity index is 0.908. The number of hydrogen-bond acceptors (Lipinski definition) is 13. The molecule has 0 radical (unpaired) electrons. The number of rotatable bonds is 13. The van der Waals surface area contributed by atoms with Gasteiger partial charge in [-0.3, -0.25) is 14.6 Å². The second-order valence-electron chi connectivity index (χ2n) is 11.0. The van der Waals surface area contributed by atoms with Crippen LogP contribution in [0.4, 0.5) is 35.1 Å². The van der Waals surface area contributed by atoms with Gasteiger partial charge in [-0.15, -0.1) is 38.7 Å². The predicted molar refractivity (Wildman–Crippen MR) is 172 cm³/mol. The molecule has 1 aliphatic rings. The van der Waals surface area contributed by atoms with Crippen LogP contribution in [0.3, 0.4) is 0 Å². The fourth-order valence-corrected chi connectivity index (χ4v) is 5.68. The molecule has 0 saturated carbocycles. The molecular weight excluding hydrogens is 665 g/mol. The molecule has 0 aliphatic carbocycles. The third-order valence-electron chi connectivity index (χ3n) is 7.19. The molecule has 1 fully saturated rings. The van der Waals surface area contributed by atoms with E-state index >= 15 is 0 Å². The number of hydrogen-bond donors (Lipinski definition) is 3. The molecule has 4 aromatic heterocycles. The third kappa shape index (κ3) is 9.89. The Hall–Kier alpha value is -5.72. The highest BCUT2D eigenvalue weighted by atomic mass is 32.1. The summed E-state index contributed by atoms with van der Waals surface area (Å²) in [5, 5.41) is 34.6. The summed E-state index contributed by atoms with van der Waals surface area (Å²) in [5.41, 5.74) is 1.96. The summed E-state index contributed by atoms with van der Waals surface area (Å²) < 4.78 is 42.5. The molecule has 49 heavy (non-hydrogen) atoms. The average molecular weight is 695 g/mol. The van der Waals surface area contributed by atoms with Gasteiger partial charge in [-0.25, -0.2) is 4.68 Å². The van der Waals surface area contributed by atoms with Crippen LogP contribution >= 0.6 is 11.3 Å². The minimum atomic E-state index is -4.75. The van der Waals surface area contributed by atoms with Crippen LogP contribution in [0.25, 0.3) is 0 Å². The Labute approximate surface area is 280 Å². The number of alkyl halides is 3. The molecule has 0 spiro atoms. The van der Waals surface area contributed by atoms with Crippen molar-refractivity contribution in [2.75, 3.05) is 33.9 Å². The van der Waals surface area contributed by atoms with Crippen molar-refractivity contribution in [1.82, 2.24) is 40.4 Å². The van der Waals surface area contributed by atoms with Gasteiger partial charge >= 0.3 is 6.36 Å². The van der Waals surface area contributed by atoms with E-state index < -0.39 is 6.36 Å². The first kappa shape index (κ1) is 33.2. The Morgan fingerprint density at radius 3 is 2.51 bits per heavy atom. The molecule has 3 N–H and O–H groups in total. The second kappa shape index (κ2) is 15.0. The van der Waals surface area contributed by atoms with Crippen molar-refractivity contribution in [1.29, 1.82) is 0 Å². The maximum Gasteiger partial charge on any atom is 0.573 e. The number of benzene rings is 1. The van der Waals surface area contributed by atoms with Crippen LogP contribution in [-0.2, 0) is 29.0 Å². The minimum absolute atomic E-state index is 0.0857. The van der Waals surface area contributed by atoms with Gasteiger partial charge in [0, 0.05) is 50.1 Å². The number of carbonyl (C=O) groups is 2. The van der Waals surface area contributed by atoms with Gasteiger partial charge in [0.25, 0.3) is 0 Å². The second-order valence-corrected chi connectivity index (χ2v) is 11.9. The summed E-state index contributed by atoms with van der Waals surface area (Å²) in [6.07, 6.45) is -0.00779. The summed E-state index contributed by atoms with van der Waals surface area (Å²) in [5.74, 6) is 0.187. The topological polar surface area (TPSA) is 178 Å². The largest absolute Gasteiger partial charge is 0.573 e. The molecule has 1 atom stereocenters. The first-order valence-electron chi connectivity index (χ1n) is 15.1. The van der Waals surface area contributed by atoms with Gasteiger partial charge in [0.1, 0.15) is 5.75 Å². The van der Waals surface area contributed by atoms with E-state index in [1.54, 1.807) is 36.7 Å². The fourth-order valence-electron chi connectivity index (χ4n) is 4.94. The molecule has 1 aromatic carbocycles. The first-order chi connectivity index (χ1) is 23.6. The van der Waals surface area contributed by atoms with E-state index in [0.29, 0.717) is 51.8 Å². The zero-order valence-electron chi connectivity index (χ0n) is 25.7. The summed E-state index contributed by atoms with van der Waals surface area (Å²) in [6, 6.07) is 14.4. The van der Waals surface area contributed by atoms with E-state index in [1.807, 2.05) is 6.07 Å². The van der Waals surface area contributed by atoms with Crippen molar-refractivity contribution in [3.8, 4) is 5.75 Å². The Bertz CT molecular complexity index is 1850. The van der Waals surface area contributed by atoms with Gasteiger partial charge in [-0.1, -0.05) is 34.7 Å². The molecule has 6 rings (SSSR count). The van der Waals surface area contributed by atoms with E-state index in [1.165, 1.54) is 40.3 Å². The van der Waals surface area contributed by atoms with Gasteiger partial charge in [0.15, 0.2) is 11.6 Å². The number of amides is 2. The maximum atomic E-state index is 12.5. The number of nitrogens with one attached hydrogen (secondary N) is 3. The molecule has 0 unspecified atom stereocenters. The van der Waals surface area contributed by atoms with Crippen LogP contribution < -0.4 is 25.6 Å². The number of aryl methyl sites for hydroxylation is 1. The van der Waals surface area contributed by atoms with Crippen molar-refractivity contribution < 1.29 is 27.5 Å². The van der Waals surface area contributed by atoms with Crippen molar-refractivity contribution >= 4 is 45.0 Å². The van der Waals surface area contributed by atoms with Crippen molar-refractivity contribution in [3.63, 3.8) is 0 Å². The molecule has 1 saturated heterocycles. The number of pyridine rings is 1. The summed E-state index contributed by atoms with van der Waals surface area (Å²) in [4.78, 5) is 31.1. The fraction of sp³-hybridized carbons (Fsp3) is 0.300. The summed E-state index contributed by atoms with van der Waals surface area (Å²) in [7, 11) is 0. The average Bonchev–Trinajstić information content (AvgIpc) is 3.83. The zero-order valence-corrected chi connectivity index (χ0v) is 26.5. The Morgan fingerprint density at radius 1 is 0.918 bits per heavy atom. The van der Waals surface area contributed by atoms with Crippen LogP contribution in [-0.4, -0.2) is 77.7 Å². The van der Waals surface area contributed by atoms with Crippen molar-refractivity contribution in [2.45, 2.75) is 44.6 Å². The predicted octanol–water partition coefficient (Wildman–Crippen LogP) is 3.70. The molecule has 19 heteroatoms. The van der Waals surface area contributed by atoms with Crippen LogP contribution in [0, 0.1) is 0 Å². The lowest BCUT2D eigenvalue weighted by Gasteiger charge is -2.17. The number of nitrogens with zero attached hydrogens (tertiary/aromatic N) is 9. The van der Waals surface area contributed by atoms with Gasteiger partial charge in [0.2, 0.25) is 22.1 Å². The molecule has 15 nitrogen and oxygen atoms in total. The first-order valence-corrected chi connectivity index (χ1v) is 15.9. The van der Waals surface area contributed by atoms with Gasteiger partial charge < -0.3 is 25.6 Å². The Kier molecular flexibility index (Phi) is 10.2. The van der Waals surface area contributed by atoms with Crippen LogP contribution in [0.15, 0.2) is 67.0 Å². The minimum Gasteiger partial charge on any atom is -0.406 e. The SMILES string of the molecule is O=C(CCc1cn(Cc2ccc(OC(F)(F)F)cc2)nn1)Nc1ccc(N2CC[C@@H](Nc3nnc(NC(=O)Cc4ccccn4)s3)C2)nn1. The molecule has 1 aliphatic heterocycles. The van der Waals surface area contributed by atoms with Crippen LogP contribution in [0.2, 0.25) is 0 Å². The van der Waals surface area contributed by atoms with E-state index in [9.17, 15) is 22.8 Å². The maximum absolute atomic E-state index is 12.5. The van der Waals surface area contributed by atoms with Gasteiger partial charge in [0.05, 0.1) is 18.7 Å². The van der Waals surface area contributed by atoms with E-state index in [2.05, 4.69) is 61.3 Å². The highest BCUT2D eigenvalue weighted by Crippen LogP contribution is 2.25. The van der Waals surface area contributed by atoms with E-state index in [-0.39, 0.29) is 43.0 Å². The number of aromatic nitrogens is 8. The molecule has 0 bridgehead atoms. The van der Waals surface area contributed by atoms with E-state index in [0.717, 1.165) is 13.0 Å². The lowest BCUT2D eigenvalue weighted by molar-refractivity contribution is -0.274. The number of carbonyl (C=O) groups excluding carboxylic acids is 2. The Morgan fingerprint density at radius 2 is 1.76 bits per heavy atom. The lowest BCUT2D eigenvalue weighted by atomic mass is 10.2. The monoisotopic (exact) mass is 694 g/mol. The number of halogens is 3. The highest BCUT2D eigenvalue weighted by molar-refractivity contribution is 7.19. The van der Waals surface area contributed by atoms with E-state index in [4.69, 9.17) is 0 Å². The molecule has 5 aromatic rings. The zero-order chi connectivity index (χ0) is 34.2. The molecular formula is C30H29F3N12O3S. The van der Waals surface area contributed by atoms with Crippen molar-refractivity contribution in [2.24, 2.45) is 0 Å². The quantitative estimate of drug-likeness (QED) is 0.163. The third-order valence-corrected chi connectivity index (χ3v) is 7.96. The lowest BCUT2D eigenvalue weighted by Crippen LogP contribution is -2.26.